The van der Waals surface area contributed by atoms with Crippen LogP contribution < -0.4 is 11.1 Å². The summed E-state index contributed by atoms with van der Waals surface area (Å²) in [5.41, 5.74) is 5.47. The fourth-order valence-electron chi connectivity index (χ4n) is 3.08. The van der Waals surface area contributed by atoms with Crippen LogP contribution in [0.2, 0.25) is 0 Å². The molecule has 2 heterocycles. The number of piperidine rings is 1. The Kier molecular flexibility index (Phi) is 8.25. The highest BCUT2D eigenvalue weighted by molar-refractivity contribution is 7.09. The van der Waals surface area contributed by atoms with Gasteiger partial charge in [-0.2, -0.15) is 0 Å². The van der Waals surface area contributed by atoms with Crippen LogP contribution in [0.1, 0.15) is 43.4 Å². The van der Waals surface area contributed by atoms with Gasteiger partial charge >= 0.3 is 0 Å². The standard InChI is InChI=1S/C18H29N3O2S/c19-10-3-1-2-8-17(22)21-12-4-6-15(14-21)18(23)20-11-9-16-7-5-13-24-16/h5,7,13,15H,1-4,6,8-12,14,19H2,(H,20,23)/t15-/m1/s1. The number of hydrogen-bond donors (Lipinski definition) is 2. The summed E-state index contributed by atoms with van der Waals surface area (Å²) in [5, 5.41) is 5.08. The van der Waals surface area contributed by atoms with Gasteiger partial charge in [-0.25, -0.2) is 0 Å². The van der Waals surface area contributed by atoms with Crippen molar-refractivity contribution in [2.75, 3.05) is 26.2 Å². The summed E-state index contributed by atoms with van der Waals surface area (Å²) in [4.78, 5) is 27.8. The largest absolute Gasteiger partial charge is 0.355 e. The van der Waals surface area contributed by atoms with Gasteiger partial charge in [-0.1, -0.05) is 12.5 Å². The lowest BCUT2D eigenvalue weighted by atomic mass is 9.96. The van der Waals surface area contributed by atoms with Crippen LogP contribution in [0.5, 0.6) is 0 Å². The second kappa shape index (κ2) is 10.5. The number of thiophene rings is 1. The monoisotopic (exact) mass is 351 g/mol. The molecule has 0 radical (unpaired) electrons. The number of hydrogen-bond acceptors (Lipinski definition) is 4. The number of carbonyl (C=O) groups is 2. The SMILES string of the molecule is NCCCCCC(=O)N1CCC[C@@H](C(=O)NCCc2cccs2)C1. The predicted molar refractivity (Wildman–Crippen MR) is 97.9 cm³/mol. The Morgan fingerprint density at radius 2 is 2.21 bits per heavy atom. The molecule has 1 atom stereocenters. The predicted octanol–water partition coefficient (Wildman–Crippen LogP) is 2.16. The lowest BCUT2D eigenvalue weighted by Crippen LogP contribution is -2.45. The number of nitrogens with one attached hydrogen (secondary N) is 1. The summed E-state index contributed by atoms with van der Waals surface area (Å²) in [5.74, 6) is 0.213. The van der Waals surface area contributed by atoms with Gasteiger partial charge < -0.3 is 16.0 Å². The fourth-order valence-corrected chi connectivity index (χ4v) is 3.79. The zero-order chi connectivity index (χ0) is 17.2. The van der Waals surface area contributed by atoms with Gasteiger partial charge in [0.15, 0.2) is 0 Å². The first-order valence-corrected chi connectivity index (χ1v) is 9.86. The minimum absolute atomic E-state index is 0.0601. The van der Waals surface area contributed by atoms with Crippen molar-refractivity contribution in [1.82, 2.24) is 10.2 Å². The topological polar surface area (TPSA) is 75.4 Å². The minimum Gasteiger partial charge on any atom is -0.355 e. The third-order valence-corrected chi connectivity index (χ3v) is 5.43. The molecule has 5 nitrogen and oxygen atoms in total. The third-order valence-electron chi connectivity index (χ3n) is 4.49. The molecule has 2 rings (SSSR count). The Balaban J connectivity index is 1.69. The lowest BCUT2D eigenvalue weighted by Gasteiger charge is -2.32. The molecule has 1 aliphatic heterocycles. The molecule has 0 unspecified atom stereocenters. The molecular weight excluding hydrogens is 322 g/mol. The molecule has 0 spiro atoms. The van der Waals surface area contributed by atoms with E-state index in [1.54, 1.807) is 11.3 Å². The normalized spacial score (nSPS) is 17.7. The zero-order valence-electron chi connectivity index (χ0n) is 14.3. The van der Waals surface area contributed by atoms with Crippen LogP contribution in [0.4, 0.5) is 0 Å². The summed E-state index contributed by atoms with van der Waals surface area (Å²) in [6, 6.07) is 4.11. The van der Waals surface area contributed by atoms with Crippen LogP contribution in [0.25, 0.3) is 0 Å². The van der Waals surface area contributed by atoms with Crippen molar-refractivity contribution in [1.29, 1.82) is 0 Å². The number of nitrogens with zero attached hydrogens (tertiary/aromatic N) is 1. The molecule has 1 fully saturated rings. The van der Waals surface area contributed by atoms with E-state index in [4.69, 9.17) is 5.73 Å². The number of unbranched alkanes of at least 4 members (excludes halogenated alkanes) is 2. The van der Waals surface area contributed by atoms with Gasteiger partial charge in [0, 0.05) is 30.9 Å². The van der Waals surface area contributed by atoms with Crippen LogP contribution in [-0.2, 0) is 16.0 Å². The third kappa shape index (κ3) is 6.24. The molecule has 0 bridgehead atoms. The van der Waals surface area contributed by atoms with Crippen molar-refractivity contribution in [3.8, 4) is 0 Å². The molecule has 2 amide bonds. The lowest BCUT2D eigenvalue weighted by molar-refractivity contribution is -0.135. The molecule has 1 aliphatic rings. The highest BCUT2D eigenvalue weighted by Crippen LogP contribution is 2.18. The molecule has 134 valence electrons. The van der Waals surface area contributed by atoms with Crippen LogP contribution in [0, 0.1) is 5.92 Å². The van der Waals surface area contributed by atoms with Gasteiger partial charge in [0.2, 0.25) is 11.8 Å². The highest BCUT2D eigenvalue weighted by Gasteiger charge is 2.27. The Labute approximate surface area is 148 Å². The van der Waals surface area contributed by atoms with Crippen LogP contribution in [0.3, 0.4) is 0 Å². The van der Waals surface area contributed by atoms with E-state index in [-0.39, 0.29) is 17.7 Å². The van der Waals surface area contributed by atoms with Crippen molar-refractivity contribution < 1.29 is 9.59 Å². The van der Waals surface area contributed by atoms with E-state index < -0.39 is 0 Å². The molecule has 0 aromatic carbocycles. The molecule has 1 saturated heterocycles. The average molecular weight is 352 g/mol. The van der Waals surface area contributed by atoms with Crippen LogP contribution >= 0.6 is 11.3 Å². The minimum atomic E-state index is -0.0601. The van der Waals surface area contributed by atoms with Crippen molar-refractivity contribution in [2.24, 2.45) is 11.7 Å². The van der Waals surface area contributed by atoms with Crippen molar-refractivity contribution in [3.05, 3.63) is 22.4 Å². The first kappa shape index (κ1) is 18.9. The Hall–Kier alpha value is -1.40. The van der Waals surface area contributed by atoms with Gasteiger partial charge in [-0.05, 0) is 50.1 Å². The van der Waals surface area contributed by atoms with Gasteiger partial charge in [-0.3, -0.25) is 9.59 Å². The second-order valence-electron chi connectivity index (χ2n) is 6.40. The Morgan fingerprint density at radius 3 is 2.96 bits per heavy atom. The van der Waals surface area contributed by atoms with E-state index in [9.17, 15) is 9.59 Å². The van der Waals surface area contributed by atoms with Crippen molar-refractivity contribution in [2.45, 2.75) is 44.9 Å². The van der Waals surface area contributed by atoms with Crippen molar-refractivity contribution >= 4 is 23.2 Å². The maximum atomic E-state index is 12.3. The summed E-state index contributed by atoms with van der Waals surface area (Å²) in [7, 11) is 0. The molecule has 6 heteroatoms. The van der Waals surface area contributed by atoms with E-state index in [1.807, 2.05) is 11.0 Å². The smallest absolute Gasteiger partial charge is 0.224 e. The van der Waals surface area contributed by atoms with Gasteiger partial charge in [0.25, 0.3) is 0 Å². The van der Waals surface area contributed by atoms with E-state index in [1.165, 1.54) is 4.88 Å². The van der Waals surface area contributed by atoms with Gasteiger partial charge in [0.1, 0.15) is 0 Å². The van der Waals surface area contributed by atoms with Crippen LogP contribution in [-0.4, -0.2) is 42.9 Å². The quantitative estimate of drug-likeness (QED) is 0.670. The summed E-state index contributed by atoms with van der Waals surface area (Å²) in [6.07, 6.45) is 6.11. The first-order valence-electron chi connectivity index (χ1n) is 8.98. The summed E-state index contributed by atoms with van der Waals surface area (Å²) >= 11 is 1.71. The first-order chi connectivity index (χ1) is 11.7. The molecule has 1 aromatic heterocycles. The maximum Gasteiger partial charge on any atom is 0.224 e. The van der Waals surface area contributed by atoms with E-state index in [2.05, 4.69) is 16.8 Å². The molecule has 1 aromatic rings. The molecular formula is C18H29N3O2S. The molecule has 24 heavy (non-hydrogen) atoms. The molecule has 0 saturated carbocycles. The van der Waals surface area contributed by atoms with Gasteiger partial charge in [0.05, 0.1) is 5.92 Å². The van der Waals surface area contributed by atoms with Crippen LogP contribution in [0.15, 0.2) is 17.5 Å². The number of likely N-dealkylation sites (tertiary alicyclic amines) is 1. The van der Waals surface area contributed by atoms with E-state index >= 15 is 0 Å². The highest BCUT2D eigenvalue weighted by atomic mass is 32.1. The molecule has 0 aliphatic carbocycles. The van der Waals surface area contributed by atoms with Gasteiger partial charge in [-0.15, -0.1) is 11.3 Å². The summed E-state index contributed by atoms with van der Waals surface area (Å²) < 4.78 is 0. The fraction of sp³-hybridized carbons (Fsp3) is 0.667. The number of nitrogens with two attached hydrogens (primary N) is 1. The average Bonchev–Trinajstić information content (AvgIpc) is 3.12. The van der Waals surface area contributed by atoms with Crippen molar-refractivity contribution in [3.63, 3.8) is 0 Å². The summed E-state index contributed by atoms with van der Waals surface area (Å²) in [6.45, 7) is 2.71. The molecule has 3 N–H and O–H groups in total. The van der Waals surface area contributed by atoms with E-state index in [0.29, 0.717) is 26.1 Å². The Bertz CT molecular complexity index is 504. The number of rotatable bonds is 9. The maximum absolute atomic E-state index is 12.3. The number of amides is 2. The number of carbonyl (C=O) groups excluding carboxylic acids is 2. The zero-order valence-corrected chi connectivity index (χ0v) is 15.2. The Morgan fingerprint density at radius 1 is 1.33 bits per heavy atom. The van der Waals surface area contributed by atoms with E-state index in [0.717, 1.165) is 45.1 Å². The second-order valence-corrected chi connectivity index (χ2v) is 7.43.